The molecule has 0 aromatic heterocycles. The summed E-state index contributed by atoms with van der Waals surface area (Å²) in [5, 5.41) is 10.6. The monoisotopic (exact) mass is 225 g/mol. The zero-order chi connectivity index (χ0) is 12.4. The van der Waals surface area contributed by atoms with Crippen molar-refractivity contribution in [1.29, 1.82) is 0 Å². The summed E-state index contributed by atoms with van der Waals surface area (Å²) in [6.07, 6.45) is 0.758. The fraction of sp³-hybridized carbons (Fsp3) is 0.538. The number of rotatable bonds is 4. The lowest BCUT2D eigenvalue weighted by molar-refractivity contribution is -0.0646. The van der Waals surface area contributed by atoms with Crippen LogP contribution in [0.2, 0.25) is 0 Å². The predicted octanol–water partition coefficient (Wildman–Crippen LogP) is 2.41. The van der Waals surface area contributed by atoms with Crippen LogP contribution in [0, 0.1) is 11.2 Å². The quantitative estimate of drug-likeness (QED) is 0.826. The Bertz CT molecular complexity index is 341. The van der Waals surface area contributed by atoms with Gasteiger partial charge in [0.1, 0.15) is 5.82 Å². The largest absolute Gasteiger partial charge is 0.385 e. The molecule has 1 aromatic carbocycles. The van der Waals surface area contributed by atoms with Crippen LogP contribution in [0.25, 0.3) is 0 Å². The van der Waals surface area contributed by atoms with Crippen LogP contribution in [-0.4, -0.2) is 11.7 Å². The van der Waals surface area contributed by atoms with E-state index >= 15 is 0 Å². The molecule has 2 atom stereocenters. The van der Waals surface area contributed by atoms with Gasteiger partial charge in [0.25, 0.3) is 0 Å². The van der Waals surface area contributed by atoms with Crippen LogP contribution in [0.1, 0.15) is 32.8 Å². The third-order valence-electron chi connectivity index (χ3n) is 3.81. The maximum atomic E-state index is 12.8. The van der Waals surface area contributed by atoms with Crippen molar-refractivity contribution in [3.63, 3.8) is 0 Å². The summed E-state index contributed by atoms with van der Waals surface area (Å²) in [5.74, 6) is -0.300. The second-order valence-corrected chi connectivity index (χ2v) is 4.70. The average Bonchev–Trinajstić information content (AvgIpc) is 2.28. The number of hydrogen-bond donors (Lipinski definition) is 2. The van der Waals surface area contributed by atoms with Crippen molar-refractivity contribution < 1.29 is 9.50 Å². The Morgan fingerprint density at radius 1 is 1.25 bits per heavy atom. The van der Waals surface area contributed by atoms with Gasteiger partial charge in [0.2, 0.25) is 0 Å². The fourth-order valence-electron chi connectivity index (χ4n) is 1.81. The van der Waals surface area contributed by atoms with E-state index in [0.717, 1.165) is 6.42 Å². The molecule has 0 aliphatic heterocycles. The highest BCUT2D eigenvalue weighted by Crippen LogP contribution is 2.41. The molecule has 0 fully saturated rings. The van der Waals surface area contributed by atoms with Crippen molar-refractivity contribution in [2.45, 2.75) is 32.8 Å². The van der Waals surface area contributed by atoms with Crippen LogP contribution in [0.15, 0.2) is 24.3 Å². The molecule has 0 saturated carbocycles. The fourth-order valence-corrected chi connectivity index (χ4v) is 1.81. The van der Waals surface area contributed by atoms with Crippen LogP contribution >= 0.6 is 0 Å². The van der Waals surface area contributed by atoms with E-state index in [1.807, 2.05) is 13.8 Å². The van der Waals surface area contributed by atoms with Gasteiger partial charge in [0, 0.05) is 12.0 Å². The molecule has 1 aromatic rings. The molecule has 1 rings (SSSR count). The molecule has 0 aliphatic rings. The lowest BCUT2D eigenvalue weighted by Crippen LogP contribution is -2.46. The van der Waals surface area contributed by atoms with Gasteiger partial charge >= 0.3 is 0 Å². The van der Waals surface area contributed by atoms with E-state index < -0.39 is 11.0 Å². The van der Waals surface area contributed by atoms with Gasteiger partial charge in [-0.1, -0.05) is 26.0 Å². The molecule has 0 heterocycles. The Labute approximate surface area is 96.3 Å². The Morgan fingerprint density at radius 2 is 1.75 bits per heavy atom. The van der Waals surface area contributed by atoms with Crippen LogP contribution in [-0.2, 0) is 5.60 Å². The maximum absolute atomic E-state index is 12.8. The lowest BCUT2D eigenvalue weighted by atomic mass is 9.69. The average molecular weight is 225 g/mol. The highest BCUT2D eigenvalue weighted by atomic mass is 19.1. The molecule has 0 spiro atoms. The standard InChI is InChI=1S/C13H20FNO/c1-4-12(2,9-15)13(3,16)10-5-7-11(14)8-6-10/h5-8,16H,4,9,15H2,1-3H3. The zero-order valence-corrected chi connectivity index (χ0v) is 10.1. The van der Waals surface area contributed by atoms with Gasteiger partial charge in [0.15, 0.2) is 0 Å². The Morgan fingerprint density at radius 3 is 2.12 bits per heavy atom. The smallest absolute Gasteiger partial charge is 0.123 e. The summed E-state index contributed by atoms with van der Waals surface area (Å²) < 4.78 is 12.8. The summed E-state index contributed by atoms with van der Waals surface area (Å²) in [5.41, 5.74) is 4.97. The van der Waals surface area contributed by atoms with Crippen molar-refractivity contribution in [3.8, 4) is 0 Å². The first-order valence-corrected chi connectivity index (χ1v) is 5.56. The summed E-state index contributed by atoms with van der Waals surface area (Å²) >= 11 is 0. The second-order valence-electron chi connectivity index (χ2n) is 4.70. The van der Waals surface area contributed by atoms with Gasteiger partial charge < -0.3 is 10.8 Å². The maximum Gasteiger partial charge on any atom is 0.123 e. The molecule has 0 radical (unpaired) electrons. The number of benzene rings is 1. The molecule has 0 bridgehead atoms. The van der Waals surface area contributed by atoms with E-state index in [4.69, 9.17) is 5.73 Å². The minimum Gasteiger partial charge on any atom is -0.385 e. The molecule has 90 valence electrons. The van der Waals surface area contributed by atoms with Crippen molar-refractivity contribution >= 4 is 0 Å². The molecule has 2 nitrogen and oxygen atoms in total. The van der Waals surface area contributed by atoms with Crippen LogP contribution in [0.4, 0.5) is 4.39 Å². The molecule has 0 aliphatic carbocycles. The summed E-state index contributed by atoms with van der Waals surface area (Å²) in [6, 6.07) is 5.94. The molecule has 0 saturated heterocycles. The van der Waals surface area contributed by atoms with Gasteiger partial charge in [-0.25, -0.2) is 4.39 Å². The van der Waals surface area contributed by atoms with Gasteiger partial charge in [-0.3, -0.25) is 0 Å². The predicted molar refractivity (Wildman–Crippen MR) is 63.4 cm³/mol. The SMILES string of the molecule is CCC(C)(CN)C(C)(O)c1ccc(F)cc1. The zero-order valence-electron chi connectivity index (χ0n) is 10.1. The number of aliphatic hydroxyl groups is 1. The Kier molecular flexibility index (Phi) is 3.71. The lowest BCUT2D eigenvalue weighted by Gasteiger charge is -2.42. The van der Waals surface area contributed by atoms with E-state index in [9.17, 15) is 9.50 Å². The first-order chi connectivity index (χ1) is 7.37. The van der Waals surface area contributed by atoms with Gasteiger partial charge in [-0.15, -0.1) is 0 Å². The van der Waals surface area contributed by atoms with Crippen molar-refractivity contribution in [3.05, 3.63) is 35.6 Å². The highest BCUT2D eigenvalue weighted by molar-refractivity contribution is 5.25. The van der Waals surface area contributed by atoms with Gasteiger partial charge in [0.05, 0.1) is 5.60 Å². The third-order valence-corrected chi connectivity index (χ3v) is 3.81. The Balaban J connectivity index is 3.14. The van der Waals surface area contributed by atoms with Crippen molar-refractivity contribution in [2.24, 2.45) is 11.1 Å². The minimum atomic E-state index is -1.05. The van der Waals surface area contributed by atoms with Crippen molar-refractivity contribution in [1.82, 2.24) is 0 Å². The first-order valence-electron chi connectivity index (χ1n) is 5.56. The summed E-state index contributed by atoms with van der Waals surface area (Å²) in [6.45, 7) is 6.05. The van der Waals surface area contributed by atoms with E-state index in [2.05, 4.69) is 0 Å². The molecular weight excluding hydrogens is 205 g/mol. The molecule has 16 heavy (non-hydrogen) atoms. The van der Waals surface area contributed by atoms with Crippen LogP contribution in [0.5, 0.6) is 0 Å². The normalized spacial score (nSPS) is 18.9. The highest BCUT2D eigenvalue weighted by Gasteiger charge is 2.42. The topological polar surface area (TPSA) is 46.2 Å². The molecule has 2 unspecified atom stereocenters. The molecule has 3 N–H and O–H groups in total. The summed E-state index contributed by atoms with van der Waals surface area (Å²) in [7, 11) is 0. The Hall–Kier alpha value is -0.930. The first kappa shape index (κ1) is 13.1. The molecule has 3 heteroatoms. The molecule has 0 amide bonds. The van der Waals surface area contributed by atoms with Crippen LogP contribution in [0.3, 0.4) is 0 Å². The minimum absolute atomic E-state index is 0.300. The van der Waals surface area contributed by atoms with Gasteiger partial charge in [-0.2, -0.15) is 0 Å². The summed E-state index contributed by atoms with van der Waals surface area (Å²) in [4.78, 5) is 0. The number of nitrogens with two attached hydrogens (primary N) is 1. The van der Waals surface area contributed by atoms with Crippen LogP contribution < -0.4 is 5.73 Å². The van der Waals surface area contributed by atoms with E-state index in [0.29, 0.717) is 12.1 Å². The van der Waals surface area contributed by atoms with E-state index in [-0.39, 0.29) is 5.82 Å². The van der Waals surface area contributed by atoms with E-state index in [1.54, 1.807) is 19.1 Å². The number of hydrogen-bond acceptors (Lipinski definition) is 2. The third kappa shape index (κ3) is 2.11. The van der Waals surface area contributed by atoms with E-state index in [1.165, 1.54) is 12.1 Å². The van der Waals surface area contributed by atoms with Crippen molar-refractivity contribution in [2.75, 3.05) is 6.54 Å². The second kappa shape index (κ2) is 4.52. The van der Waals surface area contributed by atoms with Gasteiger partial charge in [-0.05, 0) is 31.0 Å². The molecular formula is C13H20FNO. The number of halogens is 1.